The van der Waals surface area contributed by atoms with Gasteiger partial charge >= 0.3 is 0 Å². The van der Waals surface area contributed by atoms with Gasteiger partial charge in [-0.15, -0.1) is 0 Å². The molecule has 1 aliphatic heterocycles. The molecular formula is C18H22F2N6O. The molecule has 1 saturated heterocycles. The minimum Gasteiger partial charge on any atom is -0.350 e. The van der Waals surface area contributed by atoms with Crippen molar-refractivity contribution in [3.63, 3.8) is 0 Å². The summed E-state index contributed by atoms with van der Waals surface area (Å²) >= 11 is 0. The van der Waals surface area contributed by atoms with Crippen molar-refractivity contribution in [3.8, 4) is 0 Å². The number of hydrogen-bond donors (Lipinski definition) is 0. The van der Waals surface area contributed by atoms with Crippen LogP contribution in [0.5, 0.6) is 0 Å². The molecule has 7 nitrogen and oxygen atoms in total. The third kappa shape index (κ3) is 3.26. The average Bonchev–Trinajstić information content (AvgIpc) is 3.26. The molecule has 3 aromatic rings. The molecule has 3 aromatic heterocycles. The molecule has 0 aromatic carbocycles. The lowest BCUT2D eigenvalue weighted by Gasteiger charge is -2.23. The number of fused-ring (bicyclic) bond motifs is 1. The molecule has 0 aliphatic carbocycles. The molecule has 0 amide bonds. The van der Waals surface area contributed by atoms with Crippen LogP contribution in [0.15, 0.2) is 16.9 Å². The Balaban J connectivity index is 1.84. The summed E-state index contributed by atoms with van der Waals surface area (Å²) in [6, 6.07) is 1.87. The van der Waals surface area contributed by atoms with Crippen LogP contribution in [0.2, 0.25) is 0 Å². The molecule has 4 heterocycles. The highest BCUT2D eigenvalue weighted by atomic mass is 19.3. The maximum Gasteiger partial charge on any atom is 0.266 e. The zero-order chi connectivity index (χ0) is 19.4. The number of aromatic nitrogens is 5. The van der Waals surface area contributed by atoms with Gasteiger partial charge < -0.3 is 9.47 Å². The Hall–Kier alpha value is -2.58. The first kappa shape index (κ1) is 17.8. The summed E-state index contributed by atoms with van der Waals surface area (Å²) in [4.78, 5) is 11.1. The van der Waals surface area contributed by atoms with Crippen molar-refractivity contribution in [2.24, 2.45) is 0 Å². The van der Waals surface area contributed by atoms with Gasteiger partial charge in [-0.1, -0.05) is 31.1 Å². The number of aryl methyl sites for hydroxylation is 1. The van der Waals surface area contributed by atoms with E-state index in [0.717, 1.165) is 5.39 Å². The van der Waals surface area contributed by atoms with Crippen molar-refractivity contribution in [1.29, 1.82) is 0 Å². The molecular weight excluding hydrogens is 354 g/mol. The standard InChI is InChI=1S/C18H22F2N6O/c1-11-13(24-27-23-11)9-25-7-5-12-14(25)21-16(17(2,3)4)22-15(12)26-8-6-18(19,20)10-26/h5,7H,6,8-10H2,1-4H3. The number of halogens is 2. The van der Waals surface area contributed by atoms with Gasteiger partial charge in [-0.3, -0.25) is 0 Å². The Kier molecular flexibility index (Phi) is 3.94. The third-order valence-corrected chi connectivity index (χ3v) is 4.81. The van der Waals surface area contributed by atoms with Crippen LogP contribution in [0.1, 0.15) is 44.4 Å². The minimum atomic E-state index is -2.69. The van der Waals surface area contributed by atoms with Gasteiger partial charge in [0.1, 0.15) is 28.7 Å². The summed E-state index contributed by atoms with van der Waals surface area (Å²) in [7, 11) is 0. The summed E-state index contributed by atoms with van der Waals surface area (Å²) in [6.07, 6.45) is 1.71. The van der Waals surface area contributed by atoms with E-state index in [1.165, 1.54) is 0 Å². The highest BCUT2D eigenvalue weighted by molar-refractivity contribution is 5.88. The monoisotopic (exact) mass is 376 g/mol. The van der Waals surface area contributed by atoms with E-state index in [4.69, 9.17) is 9.61 Å². The molecule has 1 aliphatic rings. The maximum atomic E-state index is 13.8. The first-order valence-corrected chi connectivity index (χ1v) is 8.92. The van der Waals surface area contributed by atoms with Crippen LogP contribution in [0.3, 0.4) is 0 Å². The van der Waals surface area contributed by atoms with Crippen LogP contribution < -0.4 is 4.90 Å². The van der Waals surface area contributed by atoms with E-state index in [1.807, 2.05) is 44.5 Å². The van der Waals surface area contributed by atoms with Crippen LogP contribution in [0.25, 0.3) is 11.0 Å². The SMILES string of the molecule is Cc1nonc1Cn1ccc2c(N3CCC(F)(F)C3)nc(C(C)(C)C)nc21. The zero-order valence-electron chi connectivity index (χ0n) is 15.8. The van der Waals surface area contributed by atoms with Gasteiger partial charge in [0.25, 0.3) is 5.92 Å². The lowest BCUT2D eigenvalue weighted by atomic mass is 9.95. The fourth-order valence-corrected chi connectivity index (χ4v) is 3.22. The Labute approximate surface area is 155 Å². The van der Waals surface area contributed by atoms with E-state index < -0.39 is 5.92 Å². The summed E-state index contributed by atoms with van der Waals surface area (Å²) in [5.41, 5.74) is 1.80. The second-order valence-electron chi connectivity index (χ2n) is 8.13. The van der Waals surface area contributed by atoms with Crippen molar-refractivity contribution >= 4 is 16.9 Å². The van der Waals surface area contributed by atoms with Gasteiger partial charge in [0.15, 0.2) is 0 Å². The largest absolute Gasteiger partial charge is 0.350 e. The van der Waals surface area contributed by atoms with Crippen molar-refractivity contribution in [2.75, 3.05) is 18.0 Å². The molecule has 0 saturated carbocycles. The van der Waals surface area contributed by atoms with Gasteiger partial charge in [0, 0.05) is 24.6 Å². The molecule has 4 rings (SSSR count). The molecule has 27 heavy (non-hydrogen) atoms. The molecule has 1 fully saturated rings. The fraction of sp³-hybridized carbons (Fsp3) is 0.556. The molecule has 0 unspecified atom stereocenters. The highest BCUT2D eigenvalue weighted by Gasteiger charge is 2.40. The lowest BCUT2D eigenvalue weighted by Crippen LogP contribution is -2.27. The number of alkyl halides is 2. The van der Waals surface area contributed by atoms with Crippen molar-refractivity contribution in [2.45, 2.75) is 52.0 Å². The third-order valence-electron chi connectivity index (χ3n) is 4.81. The quantitative estimate of drug-likeness (QED) is 0.698. The van der Waals surface area contributed by atoms with Crippen molar-refractivity contribution in [1.82, 2.24) is 24.8 Å². The number of rotatable bonds is 3. The van der Waals surface area contributed by atoms with Gasteiger partial charge in [-0.2, -0.15) is 0 Å². The van der Waals surface area contributed by atoms with Gasteiger partial charge in [-0.25, -0.2) is 23.4 Å². The highest BCUT2D eigenvalue weighted by Crippen LogP contribution is 2.35. The molecule has 144 valence electrons. The molecule has 0 radical (unpaired) electrons. The van der Waals surface area contributed by atoms with Crippen LogP contribution >= 0.6 is 0 Å². The summed E-state index contributed by atoms with van der Waals surface area (Å²) in [5, 5.41) is 8.49. The van der Waals surface area contributed by atoms with Crippen LogP contribution in [-0.4, -0.2) is 43.9 Å². The van der Waals surface area contributed by atoms with E-state index in [2.05, 4.69) is 15.3 Å². The second kappa shape index (κ2) is 5.97. The summed E-state index contributed by atoms with van der Waals surface area (Å²) in [5.74, 6) is -1.50. The van der Waals surface area contributed by atoms with Gasteiger partial charge in [0.05, 0.1) is 18.5 Å². The molecule has 0 bridgehead atoms. The first-order valence-electron chi connectivity index (χ1n) is 8.92. The maximum absolute atomic E-state index is 13.8. The predicted octanol–water partition coefficient (Wildman–Crippen LogP) is 3.31. The van der Waals surface area contributed by atoms with Gasteiger partial charge in [0.2, 0.25) is 0 Å². The Morgan fingerprint density at radius 3 is 2.59 bits per heavy atom. The minimum absolute atomic E-state index is 0.159. The molecule has 9 heteroatoms. The van der Waals surface area contributed by atoms with Crippen LogP contribution in [-0.2, 0) is 12.0 Å². The second-order valence-corrected chi connectivity index (χ2v) is 8.13. The number of anilines is 1. The Morgan fingerprint density at radius 2 is 2.00 bits per heavy atom. The summed E-state index contributed by atoms with van der Waals surface area (Å²) in [6.45, 7) is 8.25. The van der Waals surface area contributed by atoms with E-state index in [9.17, 15) is 8.78 Å². The van der Waals surface area contributed by atoms with Crippen molar-refractivity contribution < 1.29 is 13.4 Å². The smallest absolute Gasteiger partial charge is 0.266 e. The molecule has 0 N–H and O–H groups in total. The average molecular weight is 376 g/mol. The van der Waals surface area contributed by atoms with Gasteiger partial charge in [-0.05, 0) is 13.0 Å². The van der Waals surface area contributed by atoms with Crippen molar-refractivity contribution in [3.05, 3.63) is 29.5 Å². The van der Waals surface area contributed by atoms with E-state index in [0.29, 0.717) is 35.2 Å². The first-order chi connectivity index (χ1) is 12.6. The van der Waals surface area contributed by atoms with Crippen LogP contribution in [0.4, 0.5) is 14.6 Å². The van der Waals surface area contributed by atoms with E-state index >= 15 is 0 Å². The normalized spacial score (nSPS) is 17.2. The number of hydrogen-bond acceptors (Lipinski definition) is 6. The fourth-order valence-electron chi connectivity index (χ4n) is 3.22. The number of nitrogens with zero attached hydrogens (tertiary/aromatic N) is 6. The molecule has 0 atom stereocenters. The predicted molar refractivity (Wildman–Crippen MR) is 96.1 cm³/mol. The molecule has 0 spiro atoms. The summed E-state index contributed by atoms with van der Waals surface area (Å²) < 4.78 is 34.3. The van der Waals surface area contributed by atoms with Crippen LogP contribution in [0, 0.1) is 6.92 Å². The topological polar surface area (TPSA) is 72.9 Å². The zero-order valence-corrected chi connectivity index (χ0v) is 15.8. The Bertz CT molecular complexity index is 988. The Morgan fingerprint density at radius 1 is 1.22 bits per heavy atom. The van der Waals surface area contributed by atoms with E-state index in [-0.39, 0.29) is 24.9 Å². The lowest BCUT2D eigenvalue weighted by molar-refractivity contribution is 0.0257. The van der Waals surface area contributed by atoms with E-state index in [1.54, 1.807) is 4.90 Å².